The molecule has 2 N–H and O–H groups in total. The Morgan fingerprint density at radius 2 is 1.92 bits per heavy atom. The van der Waals surface area contributed by atoms with Crippen LogP contribution in [0.3, 0.4) is 0 Å². The van der Waals surface area contributed by atoms with Gasteiger partial charge < -0.3 is 9.64 Å². The molecule has 1 amide bonds. The van der Waals surface area contributed by atoms with Gasteiger partial charge in [-0.3, -0.25) is 10.1 Å². The van der Waals surface area contributed by atoms with Gasteiger partial charge in [-0.1, -0.05) is 12.1 Å². The van der Waals surface area contributed by atoms with E-state index in [1.54, 1.807) is 33.8 Å². The lowest BCUT2D eigenvalue weighted by atomic mass is 10.1. The molecule has 1 aromatic carbocycles. The van der Waals surface area contributed by atoms with Crippen molar-refractivity contribution in [2.24, 2.45) is 0 Å². The quantitative estimate of drug-likeness (QED) is 0.331. The standard InChI is InChI=1S/C24H30N8O5S2/c1-39(35,36)31-7-5-29(6-8-31)15-16-13-19-21(38-16)23(30-9-11-37-12-10-30)27-22(26-19)17-3-2-4-20-18(17)14-25-32(20)24(33)28-34/h2-4,14,16,34H,5-13,15H2,1H3,(H,28,33). The van der Waals surface area contributed by atoms with E-state index in [2.05, 4.69) is 14.9 Å². The highest BCUT2D eigenvalue weighted by Gasteiger charge is 2.33. The van der Waals surface area contributed by atoms with Crippen LogP contribution in [0.1, 0.15) is 5.69 Å². The number of nitrogens with one attached hydrogen (secondary N) is 1. The molecule has 2 fully saturated rings. The Hall–Kier alpha value is -2.82. The third-order valence-corrected chi connectivity index (χ3v) is 9.94. The van der Waals surface area contributed by atoms with Crippen molar-refractivity contribution in [3.8, 4) is 11.4 Å². The molecular weight excluding hydrogens is 544 g/mol. The minimum Gasteiger partial charge on any atom is -0.378 e. The van der Waals surface area contributed by atoms with Crippen LogP contribution in [-0.2, 0) is 21.2 Å². The van der Waals surface area contributed by atoms with E-state index in [1.807, 2.05) is 12.1 Å². The second-order valence-electron chi connectivity index (χ2n) is 9.86. The number of carbonyl (C=O) groups excluding carboxylic acids is 1. The fourth-order valence-corrected chi connectivity index (χ4v) is 7.60. The van der Waals surface area contributed by atoms with Gasteiger partial charge in [0.1, 0.15) is 5.82 Å². The number of rotatable bonds is 5. The van der Waals surface area contributed by atoms with Crippen molar-refractivity contribution in [2.45, 2.75) is 16.6 Å². The molecule has 15 heteroatoms. The zero-order chi connectivity index (χ0) is 27.1. The third kappa shape index (κ3) is 5.21. The van der Waals surface area contributed by atoms with Crippen LogP contribution in [-0.4, -0.2) is 119 Å². The van der Waals surface area contributed by atoms with Gasteiger partial charge in [-0.25, -0.2) is 28.7 Å². The van der Waals surface area contributed by atoms with E-state index in [1.165, 1.54) is 6.26 Å². The molecule has 1 atom stereocenters. The van der Waals surface area contributed by atoms with Gasteiger partial charge in [-0.15, -0.1) is 11.8 Å². The Morgan fingerprint density at radius 1 is 1.15 bits per heavy atom. The van der Waals surface area contributed by atoms with Gasteiger partial charge >= 0.3 is 6.03 Å². The number of aromatic nitrogens is 4. The van der Waals surface area contributed by atoms with Crippen LogP contribution in [0, 0.1) is 0 Å². The highest BCUT2D eigenvalue weighted by atomic mass is 32.2. The van der Waals surface area contributed by atoms with Crippen LogP contribution in [0.15, 0.2) is 29.3 Å². The summed E-state index contributed by atoms with van der Waals surface area (Å²) in [6.07, 6.45) is 3.63. The van der Waals surface area contributed by atoms with Crippen molar-refractivity contribution in [1.82, 2.24) is 34.4 Å². The van der Waals surface area contributed by atoms with E-state index in [9.17, 15) is 13.2 Å². The molecule has 13 nitrogen and oxygen atoms in total. The van der Waals surface area contributed by atoms with E-state index in [4.69, 9.17) is 19.9 Å². The van der Waals surface area contributed by atoms with E-state index < -0.39 is 16.1 Å². The lowest BCUT2D eigenvalue weighted by Crippen LogP contribution is -2.49. The topological polar surface area (TPSA) is 146 Å². The first-order valence-corrected chi connectivity index (χ1v) is 15.5. The summed E-state index contributed by atoms with van der Waals surface area (Å²) in [4.78, 5) is 27.8. The van der Waals surface area contributed by atoms with Crippen molar-refractivity contribution in [3.63, 3.8) is 0 Å². The number of anilines is 1. The average molecular weight is 575 g/mol. The summed E-state index contributed by atoms with van der Waals surface area (Å²) < 4.78 is 32.0. The summed E-state index contributed by atoms with van der Waals surface area (Å²) in [6.45, 7) is 6.02. The fourth-order valence-electron chi connectivity index (χ4n) is 5.37. The van der Waals surface area contributed by atoms with Gasteiger partial charge in [-0.05, 0) is 6.07 Å². The van der Waals surface area contributed by atoms with Crippen molar-refractivity contribution in [1.29, 1.82) is 0 Å². The number of sulfonamides is 1. The highest BCUT2D eigenvalue weighted by Crippen LogP contribution is 2.43. The molecule has 5 heterocycles. The van der Waals surface area contributed by atoms with Gasteiger partial charge in [0.25, 0.3) is 0 Å². The number of thioether (sulfide) groups is 1. The molecule has 39 heavy (non-hydrogen) atoms. The number of ether oxygens (including phenoxy) is 1. The van der Waals surface area contributed by atoms with Crippen LogP contribution in [0.2, 0.25) is 0 Å². The summed E-state index contributed by atoms with van der Waals surface area (Å²) >= 11 is 1.80. The Balaban J connectivity index is 1.30. The van der Waals surface area contributed by atoms with E-state index in [0.717, 1.165) is 52.7 Å². The maximum atomic E-state index is 12.1. The Labute approximate surface area is 230 Å². The Kier molecular flexibility index (Phi) is 7.20. The largest absolute Gasteiger partial charge is 0.378 e. The number of hydroxylamine groups is 1. The lowest BCUT2D eigenvalue weighted by Gasteiger charge is -2.34. The maximum absolute atomic E-state index is 12.1. The molecule has 1 unspecified atom stereocenters. The monoisotopic (exact) mass is 574 g/mol. The molecule has 0 saturated carbocycles. The maximum Gasteiger partial charge on any atom is 0.366 e. The Morgan fingerprint density at radius 3 is 2.64 bits per heavy atom. The van der Waals surface area contributed by atoms with Crippen molar-refractivity contribution >= 4 is 44.5 Å². The minimum atomic E-state index is -3.16. The molecule has 3 aliphatic rings. The van der Waals surface area contributed by atoms with E-state index in [-0.39, 0.29) is 5.25 Å². The number of hydrogen-bond acceptors (Lipinski definition) is 11. The summed E-state index contributed by atoms with van der Waals surface area (Å²) in [5.41, 5.74) is 3.91. The number of hydrogen-bond donors (Lipinski definition) is 2. The van der Waals surface area contributed by atoms with Crippen LogP contribution in [0.25, 0.3) is 22.3 Å². The first-order chi connectivity index (χ1) is 18.8. The smallest absolute Gasteiger partial charge is 0.366 e. The summed E-state index contributed by atoms with van der Waals surface area (Å²) in [5.74, 6) is 1.46. The van der Waals surface area contributed by atoms with Crippen LogP contribution in [0.5, 0.6) is 0 Å². The first-order valence-electron chi connectivity index (χ1n) is 12.8. The van der Waals surface area contributed by atoms with Gasteiger partial charge in [0.05, 0.1) is 41.8 Å². The summed E-state index contributed by atoms with van der Waals surface area (Å²) in [6, 6.07) is 4.74. The lowest BCUT2D eigenvalue weighted by molar-refractivity contribution is 0.122. The summed E-state index contributed by atoms with van der Waals surface area (Å²) in [7, 11) is -3.16. The van der Waals surface area contributed by atoms with Crippen LogP contribution >= 0.6 is 11.8 Å². The number of morpholine rings is 1. The van der Waals surface area contributed by atoms with Crippen molar-refractivity contribution in [3.05, 3.63) is 30.1 Å². The van der Waals surface area contributed by atoms with Gasteiger partial charge in [0.2, 0.25) is 10.0 Å². The van der Waals surface area contributed by atoms with Gasteiger partial charge in [-0.2, -0.15) is 14.1 Å². The number of fused-ring (bicyclic) bond motifs is 2. The van der Waals surface area contributed by atoms with E-state index >= 15 is 0 Å². The molecule has 0 spiro atoms. The number of benzene rings is 1. The van der Waals surface area contributed by atoms with Crippen LogP contribution < -0.4 is 10.4 Å². The van der Waals surface area contributed by atoms with Crippen molar-refractivity contribution < 1.29 is 23.2 Å². The molecule has 208 valence electrons. The highest BCUT2D eigenvalue weighted by molar-refractivity contribution is 8.00. The minimum absolute atomic E-state index is 0.279. The molecule has 3 aromatic rings. The molecule has 0 aliphatic carbocycles. The Bertz CT molecular complexity index is 1500. The number of piperazine rings is 1. The predicted octanol–water partition coefficient (Wildman–Crippen LogP) is 0.871. The molecule has 3 aliphatic heterocycles. The van der Waals surface area contributed by atoms with Crippen molar-refractivity contribution in [2.75, 3.05) is 70.2 Å². The number of nitrogens with zero attached hydrogens (tertiary/aromatic N) is 7. The molecule has 2 aromatic heterocycles. The normalized spacial score (nSPS) is 20.9. The fraction of sp³-hybridized carbons (Fsp3) is 0.500. The molecule has 0 bridgehead atoms. The molecular formula is C24H30N8O5S2. The summed E-state index contributed by atoms with van der Waals surface area (Å²) in [5, 5.41) is 14.2. The molecule has 0 radical (unpaired) electrons. The van der Waals surface area contributed by atoms with Gasteiger partial charge in [0.15, 0.2) is 5.82 Å². The molecule has 2 saturated heterocycles. The zero-order valence-electron chi connectivity index (χ0n) is 21.5. The van der Waals surface area contributed by atoms with E-state index in [0.29, 0.717) is 56.1 Å². The average Bonchev–Trinajstić information content (AvgIpc) is 3.56. The van der Waals surface area contributed by atoms with Crippen LogP contribution in [0.4, 0.5) is 10.6 Å². The third-order valence-electron chi connectivity index (χ3n) is 7.34. The zero-order valence-corrected chi connectivity index (χ0v) is 23.1. The predicted molar refractivity (Wildman–Crippen MR) is 146 cm³/mol. The molecule has 6 rings (SSSR count). The van der Waals surface area contributed by atoms with Gasteiger partial charge in [0, 0.05) is 68.4 Å². The second kappa shape index (κ2) is 10.6. The number of amides is 1. The number of carbonyl (C=O) groups is 1. The second-order valence-corrected chi connectivity index (χ2v) is 13.2. The SMILES string of the molecule is CS(=O)(=O)N1CCN(CC2Cc3nc(-c4cccc5c4cnn5C(=O)NO)nc(N4CCOCC4)c3S2)CC1. The first kappa shape index (κ1) is 26.4.